The van der Waals surface area contributed by atoms with Gasteiger partial charge < -0.3 is 9.84 Å². The number of carbonyl (C=O) groups is 1. The standard InChI is InChI=1S/C12H12N2O7/c1-3-21-12(16)11(7(2)15)9-5-4-8(13(17)18)6-10(9)14(19)20/h4-6,15H,3H2,1-2H3. The molecule has 0 unspecified atom stereocenters. The van der Waals surface area contributed by atoms with Crippen LogP contribution in [-0.2, 0) is 9.53 Å². The van der Waals surface area contributed by atoms with Crippen LogP contribution in [0.3, 0.4) is 0 Å². The van der Waals surface area contributed by atoms with Crippen LogP contribution >= 0.6 is 0 Å². The number of aliphatic hydroxyl groups is 1. The molecule has 0 aliphatic heterocycles. The van der Waals surface area contributed by atoms with Gasteiger partial charge in [-0.2, -0.15) is 0 Å². The highest BCUT2D eigenvalue weighted by Gasteiger charge is 2.27. The summed E-state index contributed by atoms with van der Waals surface area (Å²) in [6, 6.07) is 2.75. The molecule has 0 aromatic heterocycles. The molecule has 0 aliphatic carbocycles. The van der Waals surface area contributed by atoms with E-state index in [1.54, 1.807) is 0 Å². The molecule has 0 atom stereocenters. The molecular weight excluding hydrogens is 284 g/mol. The zero-order valence-corrected chi connectivity index (χ0v) is 11.2. The molecule has 21 heavy (non-hydrogen) atoms. The van der Waals surface area contributed by atoms with Crippen molar-refractivity contribution in [3.63, 3.8) is 0 Å². The number of allylic oxidation sites excluding steroid dienone is 1. The Balaban J connectivity index is 3.53. The second-order valence-corrected chi connectivity index (χ2v) is 3.90. The van der Waals surface area contributed by atoms with Crippen molar-refractivity contribution < 1.29 is 24.5 Å². The number of esters is 1. The summed E-state index contributed by atoms with van der Waals surface area (Å²) in [4.78, 5) is 31.8. The summed E-state index contributed by atoms with van der Waals surface area (Å²) in [6.07, 6.45) is 0. The van der Waals surface area contributed by atoms with Crippen LogP contribution < -0.4 is 0 Å². The Bertz CT molecular complexity index is 632. The van der Waals surface area contributed by atoms with Gasteiger partial charge in [0.25, 0.3) is 11.4 Å². The van der Waals surface area contributed by atoms with Crippen molar-refractivity contribution in [1.82, 2.24) is 0 Å². The van der Waals surface area contributed by atoms with E-state index in [1.165, 1.54) is 6.92 Å². The van der Waals surface area contributed by atoms with Crippen molar-refractivity contribution in [2.24, 2.45) is 0 Å². The summed E-state index contributed by atoms with van der Waals surface area (Å²) in [5.41, 5.74) is -1.81. The maximum absolute atomic E-state index is 11.8. The van der Waals surface area contributed by atoms with Crippen molar-refractivity contribution in [2.45, 2.75) is 13.8 Å². The van der Waals surface area contributed by atoms with Crippen LogP contribution in [0.4, 0.5) is 11.4 Å². The average molecular weight is 296 g/mol. The van der Waals surface area contributed by atoms with Gasteiger partial charge >= 0.3 is 5.97 Å². The van der Waals surface area contributed by atoms with Gasteiger partial charge in [0.15, 0.2) is 0 Å². The monoisotopic (exact) mass is 296 g/mol. The van der Waals surface area contributed by atoms with E-state index in [0.717, 1.165) is 25.1 Å². The molecule has 0 spiro atoms. The van der Waals surface area contributed by atoms with Gasteiger partial charge in [0.05, 0.1) is 28.1 Å². The van der Waals surface area contributed by atoms with Crippen molar-refractivity contribution in [3.8, 4) is 0 Å². The van der Waals surface area contributed by atoms with Gasteiger partial charge in [-0.25, -0.2) is 4.79 Å². The molecule has 0 saturated carbocycles. The summed E-state index contributed by atoms with van der Waals surface area (Å²) < 4.78 is 4.72. The van der Waals surface area contributed by atoms with Crippen LogP contribution in [-0.4, -0.2) is 27.5 Å². The van der Waals surface area contributed by atoms with Gasteiger partial charge in [0, 0.05) is 6.07 Å². The van der Waals surface area contributed by atoms with Crippen molar-refractivity contribution in [2.75, 3.05) is 6.61 Å². The highest BCUT2D eigenvalue weighted by Crippen LogP contribution is 2.32. The Morgan fingerprint density at radius 3 is 2.33 bits per heavy atom. The topological polar surface area (TPSA) is 133 Å². The maximum atomic E-state index is 11.8. The Morgan fingerprint density at radius 1 is 1.29 bits per heavy atom. The largest absolute Gasteiger partial charge is 0.512 e. The molecule has 9 heteroatoms. The Morgan fingerprint density at radius 2 is 1.90 bits per heavy atom. The summed E-state index contributed by atoms with van der Waals surface area (Å²) in [7, 11) is 0. The number of benzene rings is 1. The summed E-state index contributed by atoms with van der Waals surface area (Å²) >= 11 is 0. The van der Waals surface area contributed by atoms with Gasteiger partial charge in [0.1, 0.15) is 11.3 Å². The van der Waals surface area contributed by atoms with Gasteiger partial charge in [0.2, 0.25) is 0 Å². The summed E-state index contributed by atoms with van der Waals surface area (Å²) in [5, 5.41) is 31.3. The van der Waals surface area contributed by atoms with Crippen LogP contribution in [0.2, 0.25) is 0 Å². The molecule has 1 aromatic rings. The van der Waals surface area contributed by atoms with Crippen molar-refractivity contribution in [3.05, 3.63) is 49.8 Å². The number of carbonyl (C=O) groups excluding carboxylic acids is 1. The number of nitrogens with zero attached hydrogens (tertiary/aromatic N) is 2. The molecule has 1 aromatic carbocycles. The SMILES string of the molecule is CCOC(=O)C(=C(C)O)c1ccc([N+](=O)[O-])cc1[N+](=O)[O-]. The third-order valence-electron chi connectivity index (χ3n) is 2.50. The molecule has 1 rings (SSSR count). The van der Waals surface area contributed by atoms with E-state index < -0.39 is 38.5 Å². The maximum Gasteiger partial charge on any atom is 0.342 e. The number of rotatable bonds is 5. The third-order valence-corrected chi connectivity index (χ3v) is 2.50. The average Bonchev–Trinajstić information content (AvgIpc) is 2.38. The molecule has 0 fully saturated rings. The number of hydrogen-bond donors (Lipinski definition) is 1. The van der Waals surface area contributed by atoms with Gasteiger partial charge in [-0.1, -0.05) is 0 Å². The Hall–Kier alpha value is -2.97. The molecular formula is C12H12N2O7. The van der Waals surface area contributed by atoms with E-state index in [2.05, 4.69) is 0 Å². The number of hydrogen-bond acceptors (Lipinski definition) is 7. The first-order chi connectivity index (χ1) is 9.79. The van der Waals surface area contributed by atoms with Crippen LogP contribution in [0.1, 0.15) is 19.4 Å². The van der Waals surface area contributed by atoms with Gasteiger partial charge in [-0.05, 0) is 19.9 Å². The predicted molar refractivity (Wildman–Crippen MR) is 71.6 cm³/mol. The van der Waals surface area contributed by atoms with E-state index in [0.29, 0.717) is 0 Å². The minimum atomic E-state index is -0.950. The second-order valence-electron chi connectivity index (χ2n) is 3.90. The number of nitro benzene ring substituents is 2. The van der Waals surface area contributed by atoms with E-state index in [1.807, 2.05) is 0 Å². The first kappa shape index (κ1) is 16.1. The molecule has 0 saturated heterocycles. The zero-order valence-electron chi connectivity index (χ0n) is 11.2. The molecule has 1 N–H and O–H groups in total. The van der Waals surface area contributed by atoms with Crippen LogP contribution in [0.15, 0.2) is 24.0 Å². The fourth-order valence-electron chi connectivity index (χ4n) is 1.65. The highest BCUT2D eigenvalue weighted by atomic mass is 16.6. The molecule has 9 nitrogen and oxygen atoms in total. The quantitative estimate of drug-likeness (QED) is 0.290. The molecule has 0 radical (unpaired) electrons. The van der Waals surface area contributed by atoms with Crippen LogP contribution in [0.25, 0.3) is 5.57 Å². The van der Waals surface area contributed by atoms with Crippen LogP contribution in [0, 0.1) is 20.2 Å². The number of aliphatic hydroxyl groups excluding tert-OH is 1. The number of ether oxygens (including phenoxy) is 1. The molecule has 0 heterocycles. The highest BCUT2D eigenvalue weighted by molar-refractivity contribution is 6.18. The van der Waals surface area contributed by atoms with E-state index in [9.17, 15) is 30.1 Å². The zero-order chi connectivity index (χ0) is 16.2. The lowest BCUT2D eigenvalue weighted by Crippen LogP contribution is -2.10. The number of non-ortho nitro benzene ring substituents is 1. The van der Waals surface area contributed by atoms with Gasteiger partial charge in [-0.3, -0.25) is 20.2 Å². The first-order valence-electron chi connectivity index (χ1n) is 5.79. The Labute approximate surface area is 118 Å². The van der Waals surface area contributed by atoms with Gasteiger partial charge in [-0.15, -0.1) is 0 Å². The lowest BCUT2D eigenvalue weighted by molar-refractivity contribution is -0.394. The Kier molecular flexibility index (Phi) is 4.95. The fourth-order valence-corrected chi connectivity index (χ4v) is 1.65. The normalized spacial score (nSPS) is 11.5. The predicted octanol–water partition coefficient (Wildman–Crippen LogP) is 2.36. The lowest BCUT2D eigenvalue weighted by Gasteiger charge is -2.08. The fraction of sp³-hybridized carbons (Fsp3) is 0.250. The van der Waals surface area contributed by atoms with E-state index in [4.69, 9.17) is 4.74 Å². The molecule has 112 valence electrons. The van der Waals surface area contributed by atoms with E-state index in [-0.39, 0.29) is 12.2 Å². The minimum absolute atomic E-state index is 0.0103. The lowest BCUT2D eigenvalue weighted by atomic mass is 10.0. The second kappa shape index (κ2) is 6.46. The molecule has 0 amide bonds. The summed E-state index contributed by atoms with van der Waals surface area (Å²) in [5.74, 6) is -1.43. The van der Waals surface area contributed by atoms with Crippen molar-refractivity contribution >= 4 is 22.9 Å². The third kappa shape index (κ3) is 3.53. The minimum Gasteiger partial charge on any atom is -0.512 e. The first-order valence-corrected chi connectivity index (χ1v) is 5.79. The summed E-state index contributed by atoms with van der Waals surface area (Å²) in [6.45, 7) is 2.71. The molecule has 0 aliphatic rings. The van der Waals surface area contributed by atoms with E-state index >= 15 is 0 Å². The number of nitro groups is 2. The molecule has 0 bridgehead atoms. The van der Waals surface area contributed by atoms with Crippen LogP contribution in [0.5, 0.6) is 0 Å². The van der Waals surface area contributed by atoms with Crippen molar-refractivity contribution in [1.29, 1.82) is 0 Å². The smallest absolute Gasteiger partial charge is 0.342 e.